The average molecular weight is 413 g/mol. The Morgan fingerprint density at radius 2 is 1.93 bits per heavy atom. The molecule has 0 amide bonds. The number of rotatable bonds is 6. The quantitative estimate of drug-likeness (QED) is 0.529. The Bertz CT molecular complexity index is 861. The lowest BCUT2D eigenvalue weighted by molar-refractivity contribution is -0.384. The standard InChI is InChI=1S/C18H22F3N5O3/c1-12(2)9-17-22-16(23-29-17)11-24-5-7-25(8-6-24)14-4-3-13(18(19,20)21)10-15(14)26(27)28/h3-4,10,12H,5-9,11H2,1-2H3. The highest BCUT2D eigenvalue weighted by molar-refractivity contribution is 5.65. The molecule has 0 saturated carbocycles. The molecule has 158 valence electrons. The SMILES string of the molecule is CC(C)Cc1nc(CN2CCN(c3ccc(C(F)(F)F)cc3[N+](=O)[O-])CC2)no1. The first kappa shape index (κ1) is 21.0. The van der Waals surface area contributed by atoms with E-state index in [0.717, 1.165) is 6.07 Å². The first-order valence-corrected chi connectivity index (χ1v) is 9.28. The lowest BCUT2D eigenvalue weighted by Gasteiger charge is -2.35. The molecule has 1 fully saturated rings. The van der Waals surface area contributed by atoms with Gasteiger partial charge in [0.05, 0.1) is 17.0 Å². The van der Waals surface area contributed by atoms with Crippen LogP contribution in [0, 0.1) is 16.0 Å². The number of nitro groups is 1. The largest absolute Gasteiger partial charge is 0.416 e. The fraction of sp³-hybridized carbons (Fsp3) is 0.556. The molecule has 29 heavy (non-hydrogen) atoms. The van der Waals surface area contributed by atoms with Gasteiger partial charge in [0.15, 0.2) is 5.82 Å². The van der Waals surface area contributed by atoms with Gasteiger partial charge in [-0.25, -0.2) is 0 Å². The Morgan fingerprint density at radius 1 is 1.24 bits per heavy atom. The van der Waals surface area contributed by atoms with E-state index >= 15 is 0 Å². The van der Waals surface area contributed by atoms with Gasteiger partial charge in [-0.05, 0) is 18.1 Å². The fourth-order valence-electron chi connectivity index (χ4n) is 3.25. The van der Waals surface area contributed by atoms with E-state index in [1.807, 2.05) is 0 Å². The maximum absolute atomic E-state index is 12.9. The zero-order valence-corrected chi connectivity index (χ0v) is 16.1. The number of nitrogens with zero attached hydrogens (tertiary/aromatic N) is 5. The minimum Gasteiger partial charge on any atom is -0.363 e. The van der Waals surface area contributed by atoms with Gasteiger partial charge >= 0.3 is 6.18 Å². The molecule has 1 aliphatic heterocycles. The summed E-state index contributed by atoms with van der Waals surface area (Å²) in [6.45, 7) is 6.65. The number of halogens is 3. The molecule has 8 nitrogen and oxygen atoms in total. The minimum atomic E-state index is -4.62. The Kier molecular flexibility index (Phi) is 6.06. The summed E-state index contributed by atoms with van der Waals surface area (Å²) >= 11 is 0. The molecule has 0 spiro atoms. The highest BCUT2D eigenvalue weighted by Crippen LogP contribution is 2.36. The average Bonchev–Trinajstić information content (AvgIpc) is 3.07. The van der Waals surface area contributed by atoms with Gasteiger partial charge in [-0.3, -0.25) is 15.0 Å². The van der Waals surface area contributed by atoms with Crippen LogP contribution in [0.25, 0.3) is 0 Å². The van der Waals surface area contributed by atoms with Crippen LogP contribution in [-0.2, 0) is 19.1 Å². The van der Waals surface area contributed by atoms with Crippen LogP contribution >= 0.6 is 0 Å². The molecule has 0 atom stereocenters. The van der Waals surface area contributed by atoms with Crippen LogP contribution in [0.4, 0.5) is 24.5 Å². The second-order valence-electron chi connectivity index (χ2n) is 7.42. The van der Waals surface area contributed by atoms with Crippen molar-refractivity contribution in [3.05, 3.63) is 45.6 Å². The first-order chi connectivity index (χ1) is 13.6. The lowest BCUT2D eigenvalue weighted by Crippen LogP contribution is -2.46. The first-order valence-electron chi connectivity index (χ1n) is 9.28. The Hall–Kier alpha value is -2.69. The summed E-state index contributed by atoms with van der Waals surface area (Å²) in [5, 5.41) is 15.3. The number of hydrogen-bond acceptors (Lipinski definition) is 7. The van der Waals surface area contributed by atoms with Gasteiger partial charge < -0.3 is 9.42 Å². The number of benzene rings is 1. The van der Waals surface area contributed by atoms with Gasteiger partial charge in [0.25, 0.3) is 5.69 Å². The van der Waals surface area contributed by atoms with Gasteiger partial charge in [0, 0.05) is 38.7 Å². The summed E-state index contributed by atoms with van der Waals surface area (Å²) in [5.74, 6) is 1.58. The van der Waals surface area contributed by atoms with Crippen LogP contribution in [0.15, 0.2) is 22.7 Å². The van der Waals surface area contributed by atoms with Crippen molar-refractivity contribution in [2.24, 2.45) is 5.92 Å². The third-order valence-corrected chi connectivity index (χ3v) is 4.67. The highest BCUT2D eigenvalue weighted by Gasteiger charge is 2.34. The third kappa shape index (κ3) is 5.22. The molecule has 1 aromatic heterocycles. The van der Waals surface area contributed by atoms with Crippen molar-refractivity contribution in [2.45, 2.75) is 33.0 Å². The summed E-state index contributed by atoms with van der Waals surface area (Å²) in [5.41, 5.74) is -1.37. The zero-order valence-electron chi connectivity index (χ0n) is 16.1. The van der Waals surface area contributed by atoms with Crippen molar-refractivity contribution in [1.82, 2.24) is 15.0 Å². The van der Waals surface area contributed by atoms with Crippen LogP contribution in [0.3, 0.4) is 0 Å². The Balaban J connectivity index is 1.64. The van der Waals surface area contributed by atoms with Gasteiger partial charge in [-0.15, -0.1) is 0 Å². The van der Waals surface area contributed by atoms with Crippen molar-refractivity contribution in [3.63, 3.8) is 0 Å². The Labute approximate surface area is 165 Å². The van der Waals surface area contributed by atoms with Crippen LogP contribution < -0.4 is 4.90 Å². The summed E-state index contributed by atoms with van der Waals surface area (Å²) in [6, 6.07) is 2.65. The Morgan fingerprint density at radius 3 is 2.52 bits per heavy atom. The van der Waals surface area contributed by atoms with E-state index in [2.05, 4.69) is 28.9 Å². The van der Waals surface area contributed by atoms with Crippen LogP contribution in [0.1, 0.15) is 31.1 Å². The van der Waals surface area contributed by atoms with Gasteiger partial charge in [-0.1, -0.05) is 19.0 Å². The second-order valence-corrected chi connectivity index (χ2v) is 7.42. The summed E-state index contributed by atoms with van der Waals surface area (Å²) < 4.78 is 43.8. The van der Waals surface area contributed by atoms with E-state index in [-0.39, 0.29) is 5.69 Å². The molecule has 0 aliphatic carbocycles. The molecule has 0 bridgehead atoms. The normalized spacial score (nSPS) is 15.9. The van der Waals surface area contributed by atoms with Crippen LogP contribution in [-0.4, -0.2) is 46.1 Å². The molecule has 3 rings (SSSR count). The van der Waals surface area contributed by atoms with Crippen molar-refractivity contribution in [1.29, 1.82) is 0 Å². The molecule has 11 heteroatoms. The molecule has 1 aliphatic rings. The molecule has 1 aromatic carbocycles. The van der Waals surface area contributed by atoms with Crippen molar-refractivity contribution >= 4 is 11.4 Å². The fourth-order valence-corrected chi connectivity index (χ4v) is 3.25. The predicted octanol–water partition coefficient (Wildman–Crippen LogP) is 3.52. The monoisotopic (exact) mass is 413 g/mol. The predicted molar refractivity (Wildman–Crippen MR) is 98.4 cm³/mol. The van der Waals surface area contributed by atoms with Crippen LogP contribution in [0.2, 0.25) is 0 Å². The summed E-state index contributed by atoms with van der Waals surface area (Å²) in [7, 11) is 0. The molecule has 2 heterocycles. The number of nitro benzene ring substituents is 1. The minimum absolute atomic E-state index is 0.196. The van der Waals surface area contributed by atoms with E-state index in [4.69, 9.17) is 4.52 Å². The maximum Gasteiger partial charge on any atom is 0.416 e. The van der Waals surface area contributed by atoms with E-state index < -0.39 is 22.4 Å². The van der Waals surface area contributed by atoms with Crippen molar-refractivity contribution < 1.29 is 22.6 Å². The van der Waals surface area contributed by atoms with Gasteiger partial charge in [-0.2, -0.15) is 18.2 Å². The van der Waals surface area contributed by atoms with E-state index in [9.17, 15) is 23.3 Å². The lowest BCUT2D eigenvalue weighted by atomic mass is 10.1. The zero-order chi connectivity index (χ0) is 21.2. The van der Waals surface area contributed by atoms with Crippen LogP contribution in [0.5, 0.6) is 0 Å². The molecular weight excluding hydrogens is 391 g/mol. The topological polar surface area (TPSA) is 88.5 Å². The van der Waals surface area contributed by atoms with Gasteiger partial charge in [0.1, 0.15) is 5.69 Å². The number of aromatic nitrogens is 2. The van der Waals surface area contributed by atoms with Gasteiger partial charge in [0.2, 0.25) is 5.89 Å². The van der Waals surface area contributed by atoms with Crippen molar-refractivity contribution in [3.8, 4) is 0 Å². The van der Waals surface area contributed by atoms with E-state index in [1.54, 1.807) is 4.90 Å². The van der Waals surface area contributed by atoms with E-state index in [0.29, 0.717) is 62.8 Å². The number of hydrogen-bond donors (Lipinski definition) is 0. The smallest absolute Gasteiger partial charge is 0.363 e. The molecule has 1 saturated heterocycles. The number of anilines is 1. The summed E-state index contributed by atoms with van der Waals surface area (Å²) in [6.07, 6.45) is -3.92. The summed E-state index contributed by atoms with van der Waals surface area (Å²) in [4.78, 5) is 18.7. The van der Waals surface area contributed by atoms with Crippen molar-refractivity contribution in [2.75, 3.05) is 31.1 Å². The molecule has 0 N–H and O–H groups in total. The van der Waals surface area contributed by atoms with E-state index in [1.165, 1.54) is 6.07 Å². The molecular formula is C18H22F3N5O3. The highest BCUT2D eigenvalue weighted by atomic mass is 19.4. The molecule has 0 unspecified atom stereocenters. The molecule has 2 aromatic rings. The maximum atomic E-state index is 12.9. The second kappa shape index (κ2) is 8.36. The third-order valence-electron chi connectivity index (χ3n) is 4.67. The number of alkyl halides is 3. The molecule has 0 radical (unpaired) electrons. The number of piperazine rings is 1.